The SMILES string of the molecule is CC(C)(C)NCCNCCNC=O.CC=CC(C)(C(C)C)C(O)CCCCC.CC=CC(C)(C)C(O)CCCCC(=O)NCC[N+]1(CCN)CC(O)C1. The highest BCUT2D eigenvalue weighted by Crippen LogP contribution is 2.35. The van der Waals surface area contributed by atoms with Crippen LogP contribution in [0.5, 0.6) is 0 Å². The molecule has 3 unspecified atom stereocenters. The van der Waals surface area contributed by atoms with Gasteiger partial charge in [-0.3, -0.25) is 9.59 Å². The van der Waals surface area contributed by atoms with E-state index in [1.807, 2.05) is 39.8 Å². The van der Waals surface area contributed by atoms with Crippen molar-refractivity contribution in [1.29, 1.82) is 0 Å². The summed E-state index contributed by atoms with van der Waals surface area (Å²) in [4.78, 5) is 21.8. The van der Waals surface area contributed by atoms with Crippen LogP contribution in [0.2, 0.25) is 0 Å². The van der Waals surface area contributed by atoms with Crippen molar-refractivity contribution in [2.24, 2.45) is 22.5 Å². The molecule has 1 aliphatic rings. The monoisotopic (exact) mass is 756 g/mol. The number of quaternary nitrogens is 1. The van der Waals surface area contributed by atoms with Gasteiger partial charge in [0.05, 0.1) is 31.8 Å². The van der Waals surface area contributed by atoms with Crippen molar-refractivity contribution in [3.05, 3.63) is 24.3 Å². The number of hydrogen-bond acceptors (Lipinski definition) is 8. The molecule has 0 radical (unpaired) electrons. The predicted octanol–water partition coefficient (Wildman–Crippen LogP) is 4.65. The Morgan fingerprint density at radius 1 is 0.849 bits per heavy atom. The van der Waals surface area contributed by atoms with Crippen LogP contribution < -0.4 is 27.0 Å². The minimum absolute atomic E-state index is 0.0641. The van der Waals surface area contributed by atoms with Crippen LogP contribution in [0.4, 0.5) is 0 Å². The van der Waals surface area contributed by atoms with Crippen molar-refractivity contribution in [3.8, 4) is 0 Å². The lowest BCUT2D eigenvalue weighted by atomic mass is 9.72. The number of aliphatic hydroxyl groups is 3. The van der Waals surface area contributed by atoms with Gasteiger partial charge in [0.15, 0.2) is 6.10 Å². The molecule has 0 saturated carbocycles. The maximum absolute atomic E-state index is 11.9. The summed E-state index contributed by atoms with van der Waals surface area (Å²) in [7, 11) is 0. The highest BCUT2D eigenvalue weighted by atomic mass is 16.3. The second-order valence-electron chi connectivity index (χ2n) is 17.1. The zero-order valence-electron chi connectivity index (χ0n) is 36.1. The van der Waals surface area contributed by atoms with E-state index < -0.39 is 0 Å². The van der Waals surface area contributed by atoms with Crippen molar-refractivity contribution in [2.45, 2.75) is 151 Å². The molecule has 9 N–H and O–H groups in total. The van der Waals surface area contributed by atoms with Crippen LogP contribution >= 0.6 is 0 Å². The van der Waals surface area contributed by atoms with E-state index >= 15 is 0 Å². The third kappa shape index (κ3) is 25.8. The van der Waals surface area contributed by atoms with Crippen LogP contribution in [0, 0.1) is 16.7 Å². The van der Waals surface area contributed by atoms with Gasteiger partial charge in [-0.05, 0) is 59.8 Å². The minimum atomic E-state index is -0.384. The van der Waals surface area contributed by atoms with Gasteiger partial charge in [-0.25, -0.2) is 0 Å². The Labute approximate surface area is 326 Å². The molecule has 0 aliphatic carbocycles. The number of allylic oxidation sites excluding steroid dienone is 2. The van der Waals surface area contributed by atoms with Crippen molar-refractivity contribution >= 4 is 12.3 Å². The molecule has 1 saturated heterocycles. The first-order chi connectivity index (χ1) is 24.8. The van der Waals surface area contributed by atoms with Gasteiger partial charge in [0.25, 0.3) is 0 Å². The van der Waals surface area contributed by atoms with Gasteiger partial charge in [-0.2, -0.15) is 0 Å². The van der Waals surface area contributed by atoms with Crippen LogP contribution in [0.3, 0.4) is 0 Å². The first kappa shape index (κ1) is 53.2. The summed E-state index contributed by atoms with van der Waals surface area (Å²) in [5.74, 6) is 0.541. The molecule has 2 amide bonds. The summed E-state index contributed by atoms with van der Waals surface area (Å²) >= 11 is 0. The molecule has 0 aromatic rings. The molecule has 0 bridgehead atoms. The normalized spacial score (nSPS) is 19.7. The number of hydrogen-bond donors (Lipinski definition) is 8. The van der Waals surface area contributed by atoms with Crippen LogP contribution in [-0.2, 0) is 9.59 Å². The van der Waals surface area contributed by atoms with Crippen LogP contribution in [0.25, 0.3) is 0 Å². The fraction of sp³-hybridized carbons (Fsp3) is 0.857. The standard InChI is InChI=1S/C19H37N3O3.C14H28O.C9H21N3O/c1-4-9-19(2,3)17(24)7-5-6-8-18(25)21-11-13-22(12-10-20)14-16(23)15-22;1-6-8-9-10-13(15)14(5,11-7-2)12(3)4;1-9(2,3)12-7-6-10-4-5-11-8-13/h4,9,16-17,23-24H,5-8,10-15,20H2,1-3H3;7,11-13,15H,6,8-10H2,1-5H3;8,10,12H,4-7H2,1-3H3,(H,11,13)/p+1. The number of nitrogens with one attached hydrogen (secondary N) is 4. The van der Waals surface area contributed by atoms with E-state index in [0.29, 0.717) is 38.4 Å². The van der Waals surface area contributed by atoms with Gasteiger partial charge in [-0.1, -0.05) is 91.5 Å². The second-order valence-corrected chi connectivity index (χ2v) is 17.1. The number of carbonyl (C=O) groups is 2. The Hall–Kier alpha value is -1.86. The number of likely N-dealkylation sites (tertiary alicyclic amines) is 1. The van der Waals surface area contributed by atoms with Gasteiger partial charge in [0, 0.05) is 55.5 Å². The average molecular weight is 756 g/mol. The lowest BCUT2D eigenvalue weighted by Gasteiger charge is -2.48. The third-order valence-corrected chi connectivity index (χ3v) is 10.3. The maximum atomic E-state index is 11.9. The largest absolute Gasteiger partial charge is 0.392 e. The molecule has 1 heterocycles. The number of carbonyl (C=O) groups excluding carboxylic acids is 2. The molecular formula is C42H87N6O5+. The molecule has 0 aromatic heterocycles. The van der Waals surface area contributed by atoms with E-state index in [1.54, 1.807) is 0 Å². The Kier molecular flexibility index (Phi) is 29.6. The summed E-state index contributed by atoms with van der Waals surface area (Å²) in [6.07, 6.45) is 15.4. The van der Waals surface area contributed by atoms with Gasteiger partial charge < -0.3 is 46.8 Å². The summed E-state index contributed by atoms with van der Waals surface area (Å²) < 4.78 is 0.810. The number of aliphatic hydroxyl groups excluding tert-OH is 3. The average Bonchev–Trinajstić information content (AvgIpc) is 3.05. The summed E-state index contributed by atoms with van der Waals surface area (Å²) in [5.41, 5.74) is 5.54. The summed E-state index contributed by atoms with van der Waals surface area (Å²) in [6.45, 7) is 31.0. The Morgan fingerprint density at radius 2 is 1.43 bits per heavy atom. The molecule has 11 heteroatoms. The van der Waals surface area contributed by atoms with E-state index in [4.69, 9.17) is 5.73 Å². The molecule has 3 atom stereocenters. The molecule has 1 aliphatic heterocycles. The van der Waals surface area contributed by atoms with Crippen LogP contribution in [-0.4, -0.2) is 121 Å². The fourth-order valence-corrected chi connectivity index (χ4v) is 6.46. The smallest absolute Gasteiger partial charge is 0.220 e. The second kappa shape index (κ2) is 29.4. The number of amides is 2. The van der Waals surface area contributed by atoms with Gasteiger partial charge in [-0.15, -0.1) is 0 Å². The first-order valence-corrected chi connectivity index (χ1v) is 20.6. The lowest BCUT2D eigenvalue weighted by Crippen LogP contribution is -2.69. The van der Waals surface area contributed by atoms with Gasteiger partial charge in [0.1, 0.15) is 13.1 Å². The highest BCUT2D eigenvalue weighted by molar-refractivity contribution is 5.75. The lowest BCUT2D eigenvalue weighted by molar-refractivity contribution is -0.970. The van der Waals surface area contributed by atoms with E-state index in [-0.39, 0.29) is 40.6 Å². The van der Waals surface area contributed by atoms with Crippen molar-refractivity contribution in [3.63, 3.8) is 0 Å². The Morgan fingerprint density at radius 3 is 1.94 bits per heavy atom. The van der Waals surface area contributed by atoms with E-state index in [0.717, 1.165) is 82.4 Å². The van der Waals surface area contributed by atoms with Crippen molar-refractivity contribution in [2.75, 3.05) is 65.4 Å². The zero-order chi connectivity index (χ0) is 41.0. The Bertz CT molecular complexity index is 972. The quantitative estimate of drug-likeness (QED) is 0.0273. The topological polar surface area (TPSA) is 169 Å². The number of unbranched alkanes of at least 4 members (excludes halogenated alkanes) is 3. The van der Waals surface area contributed by atoms with E-state index in [1.165, 1.54) is 12.8 Å². The minimum Gasteiger partial charge on any atom is -0.392 e. The molecular weight excluding hydrogens is 668 g/mol. The van der Waals surface area contributed by atoms with Gasteiger partial charge in [0.2, 0.25) is 12.3 Å². The molecule has 1 rings (SSSR count). The number of nitrogens with zero attached hydrogens (tertiary/aromatic N) is 1. The first-order valence-electron chi connectivity index (χ1n) is 20.6. The zero-order valence-corrected chi connectivity index (χ0v) is 36.1. The van der Waals surface area contributed by atoms with Gasteiger partial charge >= 0.3 is 0 Å². The van der Waals surface area contributed by atoms with Crippen molar-refractivity contribution < 1.29 is 29.4 Å². The van der Waals surface area contributed by atoms with Crippen molar-refractivity contribution in [1.82, 2.24) is 21.3 Å². The third-order valence-electron chi connectivity index (χ3n) is 10.3. The molecule has 0 spiro atoms. The fourth-order valence-electron chi connectivity index (χ4n) is 6.46. The predicted molar refractivity (Wildman–Crippen MR) is 223 cm³/mol. The number of rotatable bonds is 26. The molecule has 0 aromatic carbocycles. The van der Waals surface area contributed by atoms with E-state index in [2.05, 4.69) is 81.9 Å². The van der Waals surface area contributed by atoms with Crippen LogP contribution in [0.1, 0.15) is 128 Å². The molecule has 53 heavy (non-hydrogen) atoms. The summed E-state index contributed by atoms with van der Waals surface area (Å²) in [6, 6.07) is 0. The van der Waals surface area contributed by atoms with Crippen LogP contribution in [0.15, 0.2) is 24.3 Å². The molecule has 314 valence electrons. The van der Waals surface area contributed by atoms with E-state index in [9.17, 15) is 24.9 Å². The molecule has 11 nitrogen and oxygen atoms in total. The number of nitrogens with two attached hydrogens (primary N) is 1. The highest BCUT2D eigenvalue weighted by Gasteiger charge is 2.42. The maximum Gasteiger partial charge on any atom is 0.220 e. The summed E-state index contributed by atoms with van der Waals surface area (Å²) in [5, 5.41) is 42.1. The molecule has 1 fully saturated rings. The Balaban J connectivity index is 0.